The van der Waals surface area contributed by atoms with Gasteiger partial charge in [0, 0.05) is 27.2 Å². The molecule has 0 saturated heterocycles. The number of carboxylic acids is 1. The molecular weight excluding hydrogens is 520 g/mol. The van der Waals surface area contributed by atoms with Gasteiger partial charge in [-0.25, -0.2) is 4.79 Å². The summed E-state index contributed by atoms with van der Waals surface area (Å²) in [6.45, 7) is 7.22. The molecule has 0 spiro atoms. The minimum atomic E-state index is -0.987. The predicted octanol–water partition coefficient (Wildman–Crippen LogP) is 7.58. The third kappa shape index (κ3) is 15.6. The molecule has 0 aromatic heterocycles. The average Bonchev–Trinajstić information content (AvgIpc) is 2.90. The zero-order chi connectivity index (χ0) is 27.2. The van der Waals surface area contributed by atoms with Crippen LogP contribution in [-0.2, 0) is 4.79 Å². The lowest BCUT2D eigenvalue weighted by Crippen LogP contribution is -1.85. The van der Waals surface area contributed by atoms with Crippen LogP contribution in [-0.4, -0.2) is 29.9 Å². The predicted molar refractivity (Wildman–Crippen MR) is 150 cm³/mol. The van der Waals surface area contributed by atoms with Gasteiger partial charge in [0.1, 0.15) is 18.9 Å². The summed E-state index contributed by atoms with van der Waals surface area (Å²) >= 11 is 3.26. The zero-order valence-electron chi connectivity index (χ0n) is 20.2. The van der Waals surface area contributed by atoms with E-state index in [0.29, 0.717) is 11.1 Å². The second kappa shape index (κ2) is 20.2. The monoisotopic (exact) mass is 548 g/mol. The maximum Gasteiger partial charge on any atom is 0.328 e. The molecule has 0 amide bonds. The number of allylic oxidation sites excluding steroid dienone is 2. The Morgan fingerprint density at radius 1 is 0.667 bits per heavy atom. The van der Waals surface area contributed by atoms with Crippen LogP contribution in [0.4, 0.5) is 0 Å². The molecule has 0 heterocycles. The van der Waals surface area contributed by atoms with Gasteiger partial charge in [-0.05, 0) is 43.2 Å². The summed E-state index contributed by atoms with van der Waals surface area (Å²) in [4.78, 5) is 40.8. The Balaban J connectivity index is 0.000000490. The zero-order valence-corrected chi connectivity index (χ0v) is 21.8. The molecule has 0 fully saturated rings. The minimum Gasteiger partial charge on any atom is -0.478 e. The van der Waals surface area contributed by atoms with Gasteiger partial charge in [0.25, 0.3) is 0 Å². The van der Waals surface area contributed by atoms with Crippen LogP contribution in [0.25, 0.3) is 12.2 Å². The van der Waals surface area contributed by atoms with Crippen molar-refractivity contribution < 1.29 is 24.3 Å². The highest BCUT2D eigenvalue weighted by Crippen LogP contribution is 2.08. The third-order valence-electron chi connectivity index (χ3n) is 3.93. The Morgan fingerprint density at radius 2 is 0.972 bits per heavy atom. The van der Waals surface area contributed by atoms with Crippen LogP contribution in [0.1, 0.15) is 56.0 Å². The summed E-state index contributed by atoms with van der Waals surface area (Å²) in [5.41, 5.74) is 3.88. The number of aldehydes is 3. The molecule has 6 heteroatoms. The molecule has 0 aliphatic carbocycles. The number of rotatable bonds is 6. The highest BCUT2D eigenvalue weighted by molar-refractivity contribution is 9.10. The van der Waals surface area contributed by atoms with Crippen molar-refractivity contribution in [3.63, 3.8) is 0 Å². The van der Waals surface area contributed by atoms with Crippen LogP contribution in [0.2, 0.25) is 0 Å². The highest BCUT2D eigenvalue weighted by atomic mass is 79.9. The Kier molecular flexibility index (Phi) is 17.9. The second-order valence-corrected chi connectivity index (χ2v) is 7.73. The molecule has 0 unspecified atom stereocenters. The van der Waals surface area contributed by atoms with Crippen molar-refractivity contribution in [1.82, 2.24) is 0 Å². The van der Waals surface area contributed by atoms with Crippen molar-refractivity contribution >= 4 is 52.9 Å². The molecule has 3 aromatic rings. The quantitative estimate of drug-likeness (QED) is 0.195. The molecule has 36 heavy (non-hydrogen) atoms. The van der Waals surface area contributed by atoms with Crippen LogP contribution < -0.4 is 0 Å². The van der Waals surface area contributed by atoms with E-state index in [1.54, 1.807) is 42.5 Å². The largest absolute Gasteiger partial charge is 0.478 e. The number of aliphatic carboxylic acids is 1. The van der Waals surface area contributed by atoms with Crippen molar-refractivity contribution in [1.29, 1.82) is 0 Å². The lowest BCUT2D eigenvalue weighted by atomic mass is 10.1. The summed E-state index contributed by atoms with van der Waals surface area (Å²) in [5.74, 6) is -0.987. The van der Waals surface area contributed by atoms with E-state index in [-0.39, 0.29) is 0 Å². The summed E-state index contributed by atoms with van der Waals surface area (Å²) < 4.78 is 0.994. The van der Waals surface area contributed by atoms with Crippen LogP contribution in [0.3, 0.4) is 0 Å². The van der Waals surface area contributed by atoms with E-state index in [1.165, 1.54) is 6.08 Å². The van der Waals surface area contributed by atoms with E-state index in [1.807, 2.05) is 62.4 Å². The van der Waals surface area contributed by atoms with E-state index >= 15 is 0 Å². The molecule has 0 bridgehead atoms. The Bertz CT molecular complexity index is 1130. The van der Waals surface area contributed by atoms with Gasteiger partial charge in [-0.2, -0.15) is 0 Å². The van der Waals surface area contributed by atoms with Crippen molar-refractivity contribution in [2.75, 3.05) is 0 Å². The summed E-state index contributed by atoms with van der Waals surface area (Å²) in [6, 6.07) is 21.3. The van der Waals surface area contributed by atoms with Crippen LogP contribution in [0.5, 0.6) is 0 Å². The van der Waals surface area contributed by atoms with Crippen molar-refractivity contribution in [3.05, 3.63) is 130 Å². The minimum absolute atomic E-state index is 0.576. The molecule has 0 radical (unpaired) electrons. The topological polar surface area (TPSA) is 88.5 Å². The van der Waals surface area contributed by atoms with Gasteiger partial charge in [-0.3, -0.25) is 14.4 Å². The van der Waals surface area contributed by atoms with E-state index in [0.717, 1.165) is 46.1 Å². The van der Waals surface area contributed by atoms with Crippen molar-refractivity contribution in [2.45, 2.75) is 13.8 Å². The van der Waals surface area contributed by atoms with E-state index in [9.17, 15) is 19.2 Å². The van der Waals surface area contributed by atoms with Gasteiger partial charge in [-0.15, -0.1) is 6.58 Å². The molecule has 0 aliphatic rings. The fourth-order valence-electron chi connectivity index (χ4n) is 2.27. The Labute approximate surface area is 220 Å². The molecular formula is C30H29BrO5. The lowest BCUT2D eigenvalue weighted by molar-refractivity contribution is -0.131. The highest BCUT2D eigenvalue weighted by Gasteiger charge is 1.91. The maximum absolute atomic E-state index is 10.3. The van der Waals surface area contributed by atoms with Crippen LogP contribution >= 0.6 is 15.9 Å². The standard InChI is InChI=1S/C10H8O3.C10H10O.C7H5BrO.C3H6/c11-7-9-3-1-8(2-4-9)5-6-10(12)13;1-2-3-9-4-6-10(8-11)7-5-9;8-7-3-1-6(5-9)2-4-7;1-3-2/h1-7H,(H,12,13);2-8H,1H3;1-5H;3H,1H2,2H3/b6-5+;3-2+;;. The Hall–Kier alpha value is -4.16. The number of hydrogen-bond acceptors (Lipinski definition) is 4. The van der Waals surface area contributed by atoms with E-state index in [4.69, 9.17) is 5.11 Å². The number of carboxylic acid groups (broad SMARTS) is 1. The average molecular weight is 549 g/mol. The first-order valence-electron chi connectivity index (χ1n) is 10.7. The molecule has 5 nitrogen and oxygen atoms in total. The van der Waals surface area contributed by atoms with E-state index in [2.05, 4.69) is 22.5 Å². The number of hydrogen-bond donors (Lipinski definition) is 1. The van der Waals surface area contributed by atoms with Gasteiger partial charge in [0.2, 0.25) is 0 Å². The lowest BCUT2D eigenvalue weighted by Gasteiger charge is -1.92. The normalized spacial score (nSPS) is 9.42. The summed E-state index contributed by atoms with van der Waals surface area (Å²) in [5, 5.41) is 8.33. The first-order valence-corrected chi connectivity index (χ1v) is 11.5. The van der Waals surface area contributed by atoms with Gasteiger partial charge in [-0.1, -0.05) is 94.8 Å². The third-order valence-corrected chi connectivity index (χ3v) is 4.46. The number of carbonyl (C=O) groups excluding carboxylic acids is 3. The molecule has 0 saturated carbocycles. The molecule has 0 atom stereocenters. The number of benzene rings is 3. The maximum atomic E-state index is 10.3. The second-order valence-electron chi connectivity index (χ2n) is 6.82. The summed E-state index contributed by atoms with van der Waals surface area (Å²) in [7, 11) is 0. The first-order chi connectivity index (χ1) is 17.3. The molecule has 186 valence electrons. The molecule has 1 N–H and O–H groups in total. The number of halogens is 1. The Morgan fingerprint density at radius 3 is 1.28 bits per heavy atom. The van der Waals surface area contributed by atoms with Crippen LogP contribution in [0, 0.1) is 0 Å². The first kappa shape index (κ1) is 31.8. The van der Waals surface area contributed by atoms with Crippen molar-refractivity contribution in [2.24, 2.45) is 0 Å². The van der Waals surface area contributed by atoms with Crippen LogP contribution in [0.15, 0.2) is 102 Å². The van der Waals surface area contributed by atoms with Gasteiger partial charge in [0.15, 0.2) is 0 Å². The summed E-state index contributed by atoms with van der Waals surface area (Å²) in [6.07, 6.45) is 10.6. The molecule has 3 aromatic carbocycles. The fraction of sp³-hybridized carbons (Fsp3) is 0.0667. The number of carbonyl (C=O) groups is 4. The SMILES string of the molecule is C/C=C/c1ccc(C=O)cc1.C=CC.O=Cc1ccc(/C=C/C(=O)O)cc1.O=Cc1ccc(Br)cc1. The van der Waals surface area contributed by atoms with Crippen molar-refractivity contribution in [3.8, 4) is 0 Å². The molecule has 3 rings (SSSR count). The fourth-order valence-corrected chi connectivity index (χ4v) is 2.54. The smallest absolute Gasteiger partial charge is 0.328 e. The van der Waals surface area contributed by atoms with Gasteiger partial charge in [0.05, 0.1) is 0 Å². The molecule has 0 aliphatic heterocycles. The van der Waals surface area contributed by atoms with Gasteiger partial charge < -0.3 is 5.11 Å². The van der Waals surface area contributed by atoms with E-state index < -0.39 is 5.97 Å². The van der Waals surface area contributed by atoms with Gasteiger partial charge >= 0.3 is 5.97 Å².